The van der Waals surface area contributed by atoms with E-state index in [0.717, 1.165) is 6.07 Å². The van der Waals surface area contributed by atoms with E-state index in [1.54, 1.807) is 19.1 Å². The number of alkyl halides is 3. The van der Waals surface area contributed by atoms with E-state index in [0.29, 0.717) is 15.4 Å². The molecule has 2 nitrogen and oxygen atoms in total. The zero-order valence-electron chi connectivity index (χ0n) is 10.9. The summed E-state index contributed by atoms with van der Waals surface area (Å²) in [5.41, 5.74) is -0.365. The summed E-state index contributed by atoms with van der Waals surface area (Å²) in [5, 5.41) is 0. The van der Waals surface area contributed by atoms with Crippen LogP contribution in [0.15, 0.2) is 21.6 Å². The molecule has 0 aromatic heterocycles. The number of aryl methyl sites for hydroxylation is 1. The molecule has 1 aromatic carbocycles. The summed E-state index contributed by atoms with van der Waals surface area (Å²) in [6.45, 7) is 1.91. The van der Waals surface area contributed by atoms with Crippen LogP contribution in [-0.4, -0.2) is 13.7 Å². The molecule has 1 rings (SSSR count). The van der Waals surface area contributed by atoms with Gasteiger partial charge in [0.05, 0.1) is 10.5 Å². The van der Waals surface area contributed by atoms with E-state index in [1.165, 1.54) is 7.11 Å². The van der Waals surface area contributed by atoms with Crippen molar-refractivity contribution in [3.63, 3.8) is 0 Å². The first-order chi connectivity index (χ1) is 9.29. The Bertz CT molecular complexity index is 495. The molecule has 0 N–H and O–H groups in total. The van der Waals surface area contributed by atoms with Gasteiger partial charge in [0.1, 0.15) is 23.7 Å². The molecule has 0 unspecified atom stereocenters. The number of hydrogen-bond acceptors (Lipinski definition) is 2. The Morgan fingerprint density at radius 3 is 2.40 bits per heavy atom. The molecule has 0 saturated carbocycles. The molecule has 0 radical (unpaired) electrons. The van der Waals surface area contributed by atoms with Crippen LogP contribution < -0.4 is 9.47 Å². The zero-order chi connectivity index (χ0) is 15.3. The first kappa shape index (κ1) is 17.4. The maximum atomic E-state index is 13.0. The van der Waals surface area contributed by atoms with Gasteiger partial charge < -0.3 is 9.47 Å². The summed E-state index contributed by atoms with van der Waals surface area (Å²) >= 11 is 6.29. The SMILES string of the molecule is CCc1cc(OCC=C(Br)Br)cc(C(F)(F)F)c1OC. The first-order valence-electron chi connectivity index (χ1n) is 5.71. The van der Waals surface area contributed by atoms with Gasteiger partial charge in [0.25, 0.3) is 0 Å². The topological polar surface area (TPSA) is 18.5 Å². The smallest absolute Gasteiger partial charge is 0.420 e. The fourth-order valence-corrected chi connectivity index (χ4v) is 1.92. The van der Waals surface area contributed by atoms with Gasteiger partial charge in [0, 0.05) is 0 Å². The van der Waals surface area contributed by atoms with E-state index in [1.807, 2.05) is 0 Å². The molecule has 0 amide bonds. The van der Waals surface area contributed by atoms with E-state index >= 15 is 0 Å². The predicted molar refractivity (Wildman–Crippen MR) is 78.8 cm³/mol. The second-order valence-corrected chi connectivity index (χ2v) is 6.59. The van der Waals surface area contributed by atoms with E-state index < -0.39 is 11.7 Å². The van der Waals surface area contributed by atoms with Crippen LogP contribution in [0.5, 0.6) is 11.5 Å². The van der Waals surface area contributed by atoms with Crippen LogP contribution in [0, 0.1) is 0 Å². The van der Waals surface area contributed by atoms with Crippen molar-refractivity contribution in [1.29, 1.82) is 0 Å². The van der Waals surface area contributed by atoms with Gasteiger partial charge in [-0.1, -0.05) is 6.92 Å². The maximum Gasteiger partial charge on any atom is 0.420 e. The summed E-state index contributed by atoms with van der Waals surface area (Å²) in [6, 6.07) is 2.51. The predicted octanol–water partition coefficient (Wildman–Crippen LogP) is 5.29. The molecule has 112 valence electrons. The fraction of sp³-hybridized carbons (Fsp3) is 0.385. The van der Waals surface area contributed by atoms with E-state index in [9.17, 15) is 13.2 Å². The highest BCUT2D eigenvalue weighted by Crippen LogP contribution is 2.41. The number of hydrogen-bond donors (Lipinski definition) is 0. The minimum absolute atomic E-state index is 0.149. The Balaban J connectivity index is 3.18. The van der Waals surface area contributed by atoms with Crippen molar-refractivity contribution in [1.82, 2.24) is 0 Å². The van der Waals surface area contributed by atoms with Crippen LogP contribution in [0.2, 0.25) is 0 Å². The number of ether oxygens (including phenoxy) is 2. The first-order valence-corrected chi connectivity index (χ1v) is 7.30. The minimum Gasteiger partial charge on any atom is -0.496 e. The number of rotatable bonds is 5. The average Bonchev–Trinajstić information content (AvgIpc) is 2.36. The van der Waals surface area contributed by atoms with Gasteiger partial charge in [0.15, 0.2) is 0 Å². The molecule has 0 aliphatic rings. The van der Waals surface area contributed by atoms with Gasteiger partial charge in [-0.25, -0.2) is 0 Å². The second-order valence-electron chi connectivity index (χ2n) is 3.82. The van der Waals surface area contributed by atoms with E-state index in [4.69, 9.17) is 9.47 Å². The second kappa shape index (κ2) is 7.36. The molecule has 0 saturated heterocycles. The lowest BCUT2D eigenvalue weighted by atomic mass is 10.1. The van der Waals surface area contributed by atoms with Gasteiger partial charge in [-0.2, -0.15) is 13.2 Å². The van der Waals surface area contributed by atoms with Gasteiger partial charge in [-0.3, -0.25) is 0 Å². The van der Waals surface area contributed by atoms with E-state index in [2.05, 4.69) is 31.9 Å². The Hall–Kier alpha value is -0.690. The van der Waals surface area contributed by atoms with Crippen molar-refractivity contribution in [2.45, 2.75) is 19.5 Å². The van der Waals surface area contributed by atoms with E-state index in [-0.39, 0.29) is 18.1 Å². The van der Waals surface area contributed by atoms with Gasteiger partial charge in [-0.05, 0) is 62.1 Å². The minimum atomic E-state index is -4.49. The largest absolute Gasteiger partial charge is 0.496 e. The quantitative estimate of drug-likeness (QED) is 0.648. The van der Waals surface area contributed by atoms with Crippen molar-refractivity contribution >= 4 is 31.9 Å². The molecule has 0 heterocycles. The highest BCUT2D eigenvalue weighted by atomic mass is 79.9. The summed E-state index contributed by atoms with van der Waals surface area (Å²) in [7, 11) is 1.23. The summed E-state index contributed by atoms with van der Waals surface area (Å²) in [6.07, 6.45) is -2.43. The van der Waals surface area contributed by atoms with Gasteiger partial charge in [0.2, 0.25) is 0 Å². The summed E-state index contributed by atoms with van der Waals surface area (Å²) in [4.78, 5) is 0. The molecule has 0 spiro atoms. The zero-order valence-corrected chi connectivity index (χ0v) is 14.0. The maximum absolute atomic E-state index is 13.0. The van der Waals surface area contributed by atoms with Crippen LogP contribution in [-0.2, 0) is 12.6 Å². The Kier molecular flexibility index (Phi) is 6.39. The molecule has 0 aliphatic carbocycles. The Labute approximate surface area is 132 Å². The number of halogens is 5. The Morgan fingerprint density at radius 1 is 1.30 bits per heavy atom. The third-order valence-electron chi connectivity index (χ3n) is 2.52. The van der Waals surface area contributed by atoms with Crippen molar-refractivity contribution in [2.75, 3.05) is 13.7 Å². The van der Waals surface area contributed by atoms with Crippen LogP contribution in [0.4, 0.5) is 13.2 Å². The molecule has 1 aromatic rings. The monoisotopic (exact) mass is 416 g/mol. The molecule has 20 heavy (non-hydrogen) atoms. The molecule has 0 fully saturated rings. The molecule has 0 bridgehead atoms. The van der Waals surface area contributed by atoms with Crippen molar-refractivity contribution in [3.05, 3.63) is 32.7 Å². The van der Waals surface area contributed by atoms with Crippen LogP contribution in [0.1, 0.15) is 18.1 Å². The summed E-state index contributed by atoms with van der Waals surface area (Å²) in [5.74, 6) is 0.0111. The lowest BCUT2D eigenvalue weighted by molar-refractivity contribution is -0.138. The molecule has 0 aliphatic heterocycles. The van der Waals surface area contributed by atoms with Crippen LogP contribution >= 0.6 is 31.9 Å². The van der Waals surface area contributed by atoms with Crippen molar-refractivity contribution in [2.24, 2.45) is 0 Å². The third kappa shape index (κ3) is 4.70. The molecule has 7 heteroatoms. The number of benzene rings is 1. The average molecular weight is 418 g/mol. The standard InChI is InChI=1S/C13H13Br2F3O2/c1-3-8-6-9(20-5-4-11(14)15)7-10(12(8)19-2)13(16,17)18/h4,6-7H,3,5H2,1-2H3. The summed E-state index contributed by atoms with van der Waals surface area (Å²) < 4.78 is 49.9. The lowest BCUT2D eigenvalue weighted by Crippen LogP contribution is -2.10. The normalized spacial score (nSPS) is 11.2. The van der Waals surface area contributed by atoms with Crippen molar-refractivity contribution in [3.8, 4) is 11.5 Å². The lowest BCUT2D eigenvalue weighted by Gasteiger charge is -2.17. The molecular weight excluding hydrogens is 405 g/mol. The van der Waals surface area contributed by atoms with Gasteiger partial charge >= 0.3 is 6.18 Å². The fourth-order valence-electron chi connectivity index (χ4n) is 1.66. The Morgan fingerprint density at radius 2 is 1.95 bits per heavy atom. The highest BCUT2D eigenvalue weighted by molar-refractivity contribution is 9.28. The highest BCUT2D eigenvalue weighted by Gasteiger charge is 2.36. The third-order valence-corrected chi connectivity index (χ3v) is 3.16. The van der Waals surface area contributed by atoms with Gasteiger partial charge in [-0.15, -0.1) is 0 Å². The van der Waals surface area contributed by atoms with Crippen LogP contribution in [0.25, 0.3) is 0 Å². The molecule has 0 atom stereocenters. The molecular formula is C13H13Br2F3O2. The number of methoxy groups -OCH3 is 1. The van der Waals surface area contributed by atoms with Crippen LogP contribution in [0.3, 0.4) is 0 Å². The van der Waals surface area contributed by atoms with Crippen molar-refractivity contribution < 1.29 is 22.6 Å².